The van der Waals surface area contributed by atoms with Crippen molar-refractivity contribution >= 4 is 23.3 Å². The summed E-state index contributed by atoms with van der Waals surface area (Å²) in [6, 6.07) is 10.2. The molecule has 0 unspecified atom stereocenters. The quantitative estimate of drug-likeness (QED) is 0.598. The van der Waals surface area contributed by atoms with E-state index >= 15 is 0 Å². The van der Waals surface area contributed by atoms with Crippen LogP contribution in [0.1, 0.15) is 38.4 Å². The van der Waals surface area contributed by atoms with Gasteiger partial charge in [-0.05, 0) is 38.9 Å². The van der Waals surface area contributed by atoms with Crippen LogP contribution in [-0.4, -0.2) is 70.1 Å². The van der Waals surface area contributed by atoms with E-state index in [1.165, 1.54) is 0 Å². The highest BCUT2D eigenvalue weighted by atomic mass is 35.5. The first-order valence-electron chi connectivity index (χ1n) is 11.0. The molecule has 0 saturated carbocycles. The highest BCUT2D eigenvalue weighted by Crippen LogP contribution is 2.30. The second kappa shape index (κ2) is 10.3. The first-order chi connectivity index (χ1) is 14.5. The van der Waals surface area contributed by atoms with E-state index < -0.39 is 5.38 Å². The average molecular weight is 432 g/mol. The van der Waals surface area contributed by atoms with Gasteiger partial charge in [0.05, 0.1) is 17.9 Å². The van der Waals surface area contributed by atoms with Gasteiger partial charge in [-0.25, -0.2) is 4.68 Å². The number of aromatic nitrogens is 2. The van der Waals surface area contributed by atoms with E-state index in [-0.39, 0.29) is 5.91 Å². The summed E-state index contributed by atoms with van der Waals surface area (Å²) < 4.78 is 2.05. The van der Waals surface area contributed by atoms with Crippen LogP contribution in [0.3, 0.4) is 0 Å². The largest absolute Gasteiger partial charge is 0.354 e. The Balaban J connectivity index is 2.01. The molecule has 6 nitrogen and oxygen atoms in total. The second-order valence-electron chi connectivity index (χ2n) is 7.93. The zero-order valence-electron chi connectivity index (χ0n) is 18.6. The predicted octanol–water partition coefficient (Wildman–Crippen LogP) is 3.69. The molecule has 0 bridgehead atoms. The van der Waals surface area contributed by atoms with E-state index in [1.807, 2.05) is 34.7 Å². The van der Waals surface area contributed by atoms with E-state index in [0.29, 0.717) is 13.1 Å². The molecule has 0 radical (unpaired) electrons. The fourth-order valence-electron chi connectivity index (χ4n) is 4.06. The number of benzene rings is 1. The van der Waals surface area contributed by atoms with Gasteiger partial charge < -0.3 is 14.7 Å². The van der Waals surface area contributed by atoms with Gasteiger partial charge in [-0.2, -0.15) is 5.10 Å². The number of likely N-dealkylation sites (N-methyl/N-ethyl adjacent to an activating group) is 1. The van der Waals surface area contributed by atoms with Gasteiger partial charge >= 0.3 is 0 Å². The Labute approximate surface area is 185 Å². The maximum Gasteiger partial charge on any atom is 0.240 e. The van der Waals surface area contributed by atoms with Crippen molar-refractivity contribution in [2.24, 2.45) is 0 Å². The molecule has 1 amide bonds. The standard InChI is InChI=1S/C23H34ClN5O/c1-5-12-28(23(30)18(3)24)17-21-19(4)25-29(20-10-8-7-9-11-20)22(21)27-15-13-26(6-2)14-16-27/h7-11,18H,5-6,12-17H2,1-4H3/t18-/m0/s1. The van der Waals surface area contributed by atoms with Gasteiger partial charge in [-0.15, -0.1) is 11.6 Å². The van der Waals surface area contributed by atoms with Gasteiger partial charge in [0, 0.05) is 38.3 Å². The number of alkyl halides is 1. The molecule has 3 rings (SSSR count). The smallest absolute Gasteiger partial charge is 0.240 e. The lowest BCUT2D eigenvalue weighted by Crippen LogP contribution is -2.47. The lowest BCUT2D eigenvalue weighted by atomic mass is 10.1. The Morgan fingerprint density at radius 3 is 2.40 bits per heavy atom. The summed E-state index contributed by atoms with van der Waals surface area (Å²) in [7, 11) is 0. The third kappa shape index (κ3) is 4.98. The van der Waals surface area contributed by atoms with Gasteiger partial charge in [0.1, 0.15) is 11.2 Å². The predicted molar refractivity (Wildman–Crippen MR) is 124 cm³/mol. The zero-order valence-corrected chi connectivity index (χ0v) is 19.4. The van der Waals surface area contributed by atoms with Crippen LogP contribution in [0.15, 0.2) is 30.3 Å². The van der Waals surface area contributed by atoms with Crippen molar-refractivity contribution in [1.29, 1.82) is 0 Å². The summed E-state index contributed by atoms with van der Waals surface area (Å²) in [6.07, 6.45) is 0.895. The molecule has 0 N–H and O–H groups in total. The van der Waals surface area contributed by atoms with E-state index in [0.717, 1.165) is 61.9 Å². The first kappa shape index (κ1) is 22.6. The molecular formula is C23H34ClN5O. The van der Waals surface area contributed by atoms with E-state index in [2.05, 4.69) is 35.8 Å². The molecule has 7 heteroatoms. The number of rotatable bonds is 8. The van der Waals surface area contributed by atoms with Crippen LogP contribution in [0.5, 0.6) is 0 Å². The molecule has 0 spiro atoms. The Morgan fingerprint density at radius 2 is 1.83 bits per heavy atom. The third-order valence-electron chi connectivity index (χ3n) is 5.77. The van der Waals surface area contributed by atoms with Crippen LogP contribution in [0.4, 0.5) is 5.82 Å². The number of amides is 1. The van der Waals surface area contributed by atoms with Crippen molar-refractivity contribution in [2.75, 3.05) is 44.2 Å². The monoisotopic (exact) mass is 431 g/mol. The topological polar surface area (TPSA) is 44.6 Å². The molecule has 2 heterocycles. The SMILES string of the molecule is CCCN(Cc1c(C)nn(-c2ccccc2)c1N1CCN(CC)CC1)C(=O)[C@H](C)Cl. The lowest BCUT2D eigenvalue weighted by molar-refractivity contribution is -0.131. The summed E-state index contributed by atoms with van der Waals surface area (Å²) in [6.45, 7) is 14.3. The van der Waals surface area contributed by atoms with Crippen LogP contribution in [-0.2, 0) is 11.3 Å². The lowest BCUT2D eigenvalue weighted by Gasteiger charge is -2.36. The molecule has 0 aliphatic carbocycles. The van der Waals surface area contributed by atoms with E-state index in [4.69, 9.17) is 16.7 Å². The summed E-state index contributed by atoms with van der Waals surface area (Å²) in [5, 5.41) is 4.37. The van der Waals surface area contributed by atoms with Crippen molar-refractivity contribution in [2.45, 2.75) is 46.0 Å². The van der Waals surface area contributed by atoms with Crippen LogP contribution < -0.4 is 4.90 Å². The van der Waals surface area contributed by atoms with Crippen molar-refractivity contribution < 1.29 is 4.79 Å². The van der Waals surface area contributed by atoms with Gasteiger partial charge in [0.15, 0.2) is 0 Å². The molecule has 1 aliphatic heterocycles. The number of carbonyl (C=O) groups excluding carboxylic acids is 1. The van der Waals surface area contributed by atoms with Gasteiger partial charge in [0.2, 0.25) is 5.91 Å². The van der Waals surface area contributed by atoms with Crippen molar-refractivity contribution in [3.63, 3.8) is 0 Å². The van der Waals surface area contributed by atoms with Crippen molar-refractivity contribution in [3.8, 4) is 5.69 Å². The maximum absolute atomic E-state index is 12.7. The van der Waals surface area contributed by atoms with Crippen LogP contribution in [0, 0.1) is 6.92 Å². The maximum atomic E-state index is 12.7. The normalized spacial score (nSPS) is 16.0. The Kier molecular flexibility index (Phi) is 7.78. The van der Waals surface area contributed by atoms with E-state index in [9.17, 15) is 4.79 Å². The molecule has 1 saturated heterocycles. The first-order valence-corrected chi connectivity index (χ1v) is 11.4. The van der Waals surface area contributed by atoms with Crippen LogP contribution in [0.25, 0.3) is 5.69 Å². The highest BCUT2D eigenvalue weighted by Gasteiger charge is 2.28. The molecule has 164 valence electrons. The average Bonchev–Trinajstić information content (AvgIpc) is 3.09. The number of hydrogen-bond acceptors (Lipinski definition) is 4. The third-order valence-corrected chi connectivity index (χ3v) is 5.96. The number of piperazine rings is 1. The highest BCUT2D eigenvalue weighted by molar-refractivity contribution is 6.30. The fraction of sp³-hybridized carbons (Fsp3) is 0.565. The molecule has 1 aromatic heterocycles. The molecule has 2 aromatic rings. The van der Waals surface area contributed by atoms with Crippen molar-refractivity contribution in [1.82, 2.24) is 19.6 Å². The van der Waals surface area contributed by atoms with Crippen LogP contribution >= 0.6 is 11.6 Å². The summed E-state index contributed by atoms with van der Waals surface area (Å²) in [5.41, 5.74) is 3.12. The Morgan fingerprint density at radius 1 is 1.17 bits per heavy atom. The molecule has 1 atom stereocenters. The van der Waals surface area contributed by atoms with E-state index in [1.54, 1.807) is 6.92 Å². The van der Waals surface area contributed by atoms with Gasteiger partial charge in [-0.1, -0.05) is 32.0 Å². The second-order valence-corrected chi connectivity index (χ2v) is 8.59. The molecule has 1 aliphatic rings. The number of hydrogen-bond donors (Lipinski definition) is 0. The van der Waals surface area contributed by atoms with Gasteiger partial charge in [-0.3, -0.25) is 4.79 Å². The molecule has 1 fully saturated rings. The Bertz CT molecular complexity index is 828. The minimum absolute atomic E-state index is 0.0212. The fourth-order valence-corrected chi connectivity index (χ4v) is 4.20. The summed E-state index contributed by atoms with van der Waals surface area (Å²) >= 11 is 6.16. The number of anilines is 1. The summed E-state index contributed by atoms with van der Waals surface area (Å²) in [5.74, 6) is 1.08. The molecular weight excluding hydrogens is 398 g/mol. The number of halogens is 1. The minimum atomic E-state index is -0.530. The zero-order chi connectivity index (χ0) is 21.7. The number of aryl methyl sites for hydroxylation is 1. The molecule has 1 aromatic carbocycles. The number of para-hydroxylation sites is 1. The minimum Gasteiger partial charge on any atom is -0.354 e. The van der Waals surface area contributed by atoms with Crippen LogP contribution in [0.2, 0.25) is 0 Å². The molecule has 30 heavy (non-hydrogen) atoms. The number of nitrogens with zero attached hydrogens (tertiary/aromatic N) is 5. The summed E-state index contributed by atoms with van der Waals surface area (Å²) in [4.78, 5) is 19.5. The number of carbonyl (C=O) groups is 1. The van der Waals surface area contributed by atoms with Gasteiger partial charge in [0.25, 0.3) is 0 Å². The Hall–Kier alpha value is -2.05. The van der Waals surface area contributed by atoms with Crippen molar-refractivity contribution in [3.05, 3.63) is 41.6 Å².